The molecule has 0 aliphatic carbocycles. The molecule has 0 saturated carbocycles. The summed E-state index contributed by atoms with van der Waals surface area (Å²) >= 11 is 0. The zero-order chi connectivity index (χ0) is 12.1. The molecule has 3 nitrogen and oxygen atoms in total. The van der Waals surface area contributed by atoms with Crippen LogP contribution in [0.25, 0.3) is 0 Å². The van der Waals surface area contributed by atoms with Gasteiger partial charge in [0, 0.05) is 25.6 Å². The number of piperidine rings is 1. The first kappa shape index (κ1) is 12.9. The highest BCUT2D eigenvalue weighted by Gasteiger charge is 2.25. The summed E-state index contributed by atoms with van der Waals surface area (Å²) in [6.45, 7) is 5.37. The predicted octanol–water partition coefficient (Wildman–Crippen LogP) is 2.17. The molecule has 17 heavy (non-hydrogen) atoms. The van der Waals surface area contributed by atoms with Gasteiger partial charge in [0.2, 0.25) is 5.91 Å². The van der Waals surface area contributed by atoms with Crippen LogP contribution in [0.4, 0.5) is 0 Å². The quantitative estimate of drug-likeness (QED) is 0.814. The van der Waals surface area contributed by atoms with Gasteiger partial charge in [-0.2, -0.15) is 0 Å². The molecule has 98 valence electrons. The smallest absolute Gasteiger partial charge is 0.222 e. The highest BCUT2D eigenvalue weighted by atomic mass is 16.2. The number of amides is 1. The van der Waals surface area contributed by atoms with Crippen molar-refractivity contribution >= 4 is 5.91 Å². The number of likely N-dealkylation sites (tertiary alicyclic amines) is 1. The number of nitrogens with one attached hydrogen (secondary N) is 1. The van der Waals surface area contributed by atoms with Crippen molar-refractivity contribution in [1.82, 2.24) is 10.2 Å². The molecule has 2 aliphatic heterocycles. The summed E-state index contributed by atoms with van der Waals surface area (Å²) in [5.41, 5.74) is 0. The number of rotatable bonds is 4. The van der Waals surface area contributed by atoms with Crippen molar-refractivity contribution in [2.45, 2.75) is 57.9 Å². The first-order valence-electron chi connectivity index (χ1n) is 7.30. The van der Waals surface area contributed by atoms with E-state index < -0.39 is 0 Å². The maximum absolute atomic E-state index is 12.0. The lowest BCUT2D eigenvalue weighted by atomic mass is 10.0. The number of nitrogens with zero attached hydrogens (tertiary/aromatic N) is 1. The molecule has 3 heteroatoms. The molecule has 0 spiro atoms. The summed E-state index contributed by atoms with van der Waals surface area (Å²) in [4.78, 5) is 14.1. The summed E-state index contributed by atoms with van der Waals surface area (Å²) in [6, 6.07) is 0.595. The lowest BCUT2D eigenvalue weighted by Gasteiger charge is -2.24. The molecule has 0 aromatic heterocycles. The SMILES string of the molecule is CCC1CCN(C(=O)CCC2CCCCN2)C1. The zero-order valence-electron chi connectivity index (χ0n) is 11.1. The summed E-state index contributed by atoms with van der Waals surface area (Å²) in [5, 5.41) is 3.51. The molecular formula is C14H26N2O. The van der Waals surface area contributed by atoms with Gasteiger partial charge in [0.05, 0.1) is 0 Å². The second kappa shape index (κ2) is 6.39. The van der Waals surface area contributed by atoms with Crippen LogP contribution in [0.3, 0.4) is 0 Å². The highest BCUT2D eigenvalue weighted by Crippen LogP contribution is 2.20. The Morgan fingerprint density at radius 1 is 1.35 bits per heavy atom. The standard InChI is InChI=1S/C14H26N2O/c1-2-12-8-10-16(11-12)14(17)7-6-13-5-3-4-9-15-13/h12-13,15H,2-11H2,1H3. The molecule has 2 rings (SSSR count). The van der Waals surface area contributed by atoms with Gasteiger partial charge in [0.25, 0.3) is 0 Å². The summed E-state index contributed by atoms with van der Waals surface area (Å²) < 4.78 is 0. The first-order chi connectivity index (χ1) is 8.29. The van der Waals surface area contributed by atoms with E-state index in [9.17, 15) is 4.79 Å². The van der Waals surface area contributed by atoms with Crippen LogP contribution in [0, 0.1) is 5.92 Å². The monoisotopic (exact) mass is 238 g/mol. The van der Waals surface area contributed by atoms with E-state index in [2.05, 4.69) is 17.1 Å². The minimum absolute atomic E-state index is 0.383. The van der Waals surface area contributed by atoms with Crippen LogP contribution in [0.1, 0.15) is 51.9 Å². The van der Waals surface area contributed by atoms with Gasteiger partial charge in [0.1, 0.15) is 0 Å². The molecule has 0 aromatic rings. The Bertz CT molecular complexity index is 249. The van der Waals surface area contributed by atoms with E-state index in [1.165, 1.54) is 32.1 Å². The van der Waals surface area contributed by atoms with E-state index in [0.29, 0.717) is 11.9 Å². The Hall–Kier alpha value is -0.570. The molecule has 2 fully saturated rings. The van der Waals surface area contributed by atoms with E-state index in [4.69, 9.17) is 0 Å². The van der Waals surface area contributed by atoms with E-state index in [0.717, 1.165) is 38.4 Å². The second-order valence-electron chi connectivity index (χ2n) is 5.59. The van der Waals surface area contributed by atoms with Gasteiger partial charge in [-0.05, 0) is 38.1 Å². The van der Waals surface area contributed by atoms with E-state index in [1.54, 1.807) is 0 Å². The van der Waals surface area contributed by atoms with Crippen molar-refractivity contribution < 1.29 is 4.79 Å². The van der Waals surface area contributed by atoms with Crippen LogP contribution in [0.15, 0.2) is 0 Å². The molecule has 1 amide bonds. The molecule has 1 N–H and O–H groups in total. The summed E-state index contributed by atoms with van der Waals surface area (Å²) in [7, 11) is 0. The van der Waals surface area contributed by atoms with Gasteiger partial charge in [-0.3, -0.25) is 4.79 Å². The lowest BCUT2D eigenvalue weighted by Crippen LogP contribution is -2.36. The van der Waals surface area contributed by atoms with Crippen molar-refractivity contribution in [2.24, 2.45) is 5.92 Å². The Balaban J connectivity index is 1.66. The second-order valence-corrected chi connectivity index (χ2v) is 5.59. The summed E-state index contributed by atoms with van der Waals surface area (Å²) in [5.74, 6) is 1.14. The maximum Gasteiger partial charge on any atom is 0.222 e. The number of hydrogen-bond acceptors (Lipinski definition) is 2. The fourth-order valence-electron chi connectivity index (χ4n) is 3.02. The molecule has 2 unspecified atom stereocenters. The molecule has 2 atom stereocenters. The topological polar surface area (TPSA) is 32.3 Å². The third-order valence-electron chi connectivity index (χ3n) is 4.33. The average Bonchev–Trinajstić information content (AvgIpc) is 2.86. The normalized spacial score (nSPS) is 29.6. The van der Waals surface area contributed by atoms with Crippen LogP contribution in [-0.4, -0.2) is 36.5 Å². The Kier molecular flexibility index (Phi) is 4.84. The van der Waals surface area contributed by atoms with Gasteiger partial charge >= 0.3 is 0 Å². The molecule has 2 aliphatic rings. The van der Waals surface area contributed by atoms with Crippen molar-refractivity contribution in [3.8, 4) is 0 Å². The number of hydrogen-bond donors (Lipinski definition) is 1. The Morgan fingerprint density at radius 2 is 2.24 bits per heavy atom. The third kappa shape index (κ3) is 3.70. The van der Waals surface area contributed by atoms with Gasteiger partial charge in [-0.15, -0.1) is 0 Å². The molecule has 0 bridgehead atoms. The fraction of sp³-hybridized carbons (Fsp3) is 0.929. The van der Waals surface area contributed by atoms with Crippen LogP contribution < -0.4 is 5.32 Å². The average molecular weight is 238 g/mol. The minimum atomic E-state index is 0.383. The van der Waals surface area contributed by atoms with Crippen molar-refractivity contribution in [3.05, 3.63) is 0 Å². The largest absolute Gasteiger partial charge is 0.342 e. The van der Waals surface area contributed by atoms with Crippen LogP contribution >= 0.6 is 0 Å². The van der Waals surface area contributed by atoms with Crippen molar-refractivity contribution in [2.75, 3.05) is 19.6 Å². The molecular weight excluding hydrogens is 212 g/mol. The molecule has 0 radical (unpaired) electrons. The fourth-order valence-corrected chi connectivity index (χ4v) is 3.02. The van der Waals surface area contributed by atoms with Crippen LogP contribution in [-0.2, 0) is 4.79 Å². The lowest BCUT2D eigenvalue weighted by molar-refractivity contribution is -0.130. The van der Waals surface area contributed by atoms with Crippen molar-refractivity contribution in [3.63, 3.8) is 0 Å². The van der Waals surface area contributed by atoms with Crippen LogP contribution in [0.2, 0.25) is 0 Å². The third-order valence-corrected chi connectivity index (χ3v) is 4.33. The summed E-state index contributed by atoms with van der Waals surface area (Å²) in [6.07, 6.45) is 8.09. The Labute approximate surface area is 105 Å². The highest BCUT2D eigenvalue weighted by molar-refractivity contribution is 5.76. The van der Waals surface area contributed by atoms with E-state index in [-0.39, 0.29) is 0 Å². The maximum atomic E-state index is 12.0. The van der Waals surface area contributed by atoms with E-state index in [1.807, 2.05) is 0 Å². The van der Waals surface area contributed by atoms with Crippen LogP contribution in [0.5, 0.6) is 0 Å². The van der Waals surface area contributed by atoms with Gasteiger partial charge < -0.3 is 10.2 Å². The molecule has 2 saturated heterocycles. The Morgan fingerprint density at radius 3 is 2.88 bits per heavy atom. The van der Waals surface area contributed by atoms with Gasteiger partial charge in [0.15, 0.2) is 0 Å². The number of carbonyl (C=O) groups excluding carboxylic acids is 1. The first-order valence-corrected chi connectivity index (χ1v) is 7.30. The predicted molar refractivity (Wildman–Crippen MR) is 69.9 cm³/mol. The number of carbonyl (C=O) groups is 1. The van der Waals surface area contributed by atoms with Crippen molar-refractivity contribution in [1.29, 1.82) is 0 Å². The van der Waals surface area contributed by atoms with Gasteiger partial charge in [-0.1, -0.05) is 19.8 Å². The molecule has 0 aromatic carbocycles. The van der Waals surface area contributed by atoms with Gasteiger partial charge in [-0.25, -0.2) is 0 Å². The minimum Gasteiger partial charge on any atom is -0.342 e. The van der Waals surface area contributed by atoms with E-state index >= 15 is 0 Å². The zero-order valence-corrected chi connectivity index (χ0v) is 11.1. The molecule has 2 heterocycles.